The Hall–Kier alpha value is -3.67. The van der Waals surface area contributed by atoms with Gasteiger partial charge in [0, 0.05) is 42.9 Å². The van der Waals surface area contributed by atoms with Crippen LogP contribution in [0.4, 0.5) is 27.6 Å². The molecule has 0 bridgehead atoms. The average molecular weight is 585 g/mol. The average Bonchev–Trinajstić information content (AvgIpc) is 2.93. The van der Waals surface area contributed by atoms with E-state index >= 15 is 4.39 Å². The van der Waals surface area contributed by atoms with Crippen molar-refractivity contribution in [3.8, 4) is 17.1 Å². The molecule has 214 valence electrons. The Balaban J connectivity index is 1.50. The molecule has 0 radical (unpaired) electrons. The van der Waals surface area contributed by atoms with Gasteiger partial charge in [0.25, 0.3) is 5.56 Å². The number of halogens is 6. The zero-order chi connectivity index (χ0) is 29.2. The zero-order valence-corrected chi connectivity index (χ0v) is 22.3. The number of amides is 1. The van der Waals surface area contributed by atoms with Gasteiger partial charge in [-0.05, 0) is 37.5 Å². The van der Waals surface area contributed by atoms with Crippen molar-refractivity contribution in [3.05, 3.63) is 74.2 Å². The predicted octanol–water partition coefficient (Wildman–Crippen LogP) is 5.49. The normalized spacial score (nSPS) is 14.3. The molecule has 2 heterocycles. The Kier molecular flexibility index (Phi) is 8.67. The molecule has 13 heteroatoms. The summed E-state index contributed by atoms with van der Waals surface area (Å²) in [6.45, 7) is 2.19. The third-order valence-electron chi connectivity index (χ3n) is 6.85. The van der Waals surface area contributed by atoms with Gasteiger partial charge in [0.2, 0.25) is 11.7 Å². The van der Waals surface area contributed by atoms with Crippen molar-refractivity contribution in [2.45, 2.75) is 38.9 Å². The van der Waals surface area contributed by atoms with Crippen LogP contribution >= 0.6 is 11.6 Å². The molecule has 1 aliphatic rings. The summed E-state index contributed by atoms with van der Waals surface area (Å²) >= 11 is 6.09. The summed E-state index contributed by atoms with van der Waals surface area (Å²) < 4.78 is 75.9. The predicted molar refractivity (Wildman–Crippen MR) is 139 cm³/mol. The maximum Gasteiger partial charge on any atom is 0.417 e. The Morgan fingerprint density at radius 2 is 1.88 bits per heavy atom. The van der Waals surface area contributed by atoms with E-state index in [0.717, 1.165) is 11.8 Å². The quantitative estimate of drug-likeness (QED) is 0.359. The smallest absolute Gasteiger partial charge is 0.417 e. The topological polar surface area (TPSA) is 87.3 Å². The maximum absolute atomic E-state index is 15.5. The number of anilines is 1. The monoisotopic (exact) mass is 584 g/mol. The Morgan fingerprint density at radius 1 is 1.18 bits per heavy atom. The van der Waals surface area contributed by atoms with Crippen LogP contribution in [0.15, 0.2) is 35.1 Å². The van der Waals surface area contributed by atoms with Crippen LogP contribution < -0.4 is 20.5 Å². The summed E-state index contributed by atoms with van der Waals surface area (Å²) in [7, 11) is 1.52. The molecule has 1 amide bonds. The van der Waals surface area contributed by atoms with E-state index in [9.17, 15) is 27.2 Å². The minimum Gasteiger partial charge on any atom is -0.495 e. The molecular weight excluding hydrogens is 559 g/mol. The first-order chi connectivity index (χ1) is 18.9. The molecule has 0 aliphatic carbocycles. The highest BCUT2D eigenvalue weighted by atomic mass is 35.5. The lowest BCUT2D eigenvalue weighted by molar-refractivity contribution is -0.137. The van der Waals surface area contributed by atoms with Crippen LogP contribution in [0.5, 0.6) is 5.75 Å². The van der Waals surface area contributed by atoms with E-state index in [1.807, 2.05) is 11.1 Å². The highest BCUT2D eigenvalue weighted by Crippen LogP contribution is 2.38. The SMILES string of the molecule is CCc1nc(-c2c(C(F)(F)F)ccc(CNC(=O)C3CCN(c4ccc(Cl)c(OC)c4)CC3)c2F)[nH]c(=O)c1F. The van der Waals surface area contributed by atoms with Crippen molar-refractivity contribution >= 4 is 23.2 Å². The number of nitrogens with zero attached hydrogens (tertiary/aromatic N) is 2. The Morgan fingerprint density at radius 3 is 2.50 bits per heavy atom. The summed E-state index contributed by atoms with van der Waals surface area (Å²) in [4.78, 5) is 32.5. The third-order valence-corrected chi connectivity index (χ3v) is 7.16. The number of aryl methyl sites for hydroxylation is 1. The molecule has 1 saturated heterocycles. The van der Waals surface area contributed by atoms with Gasteiger partial charge in [-0.15, -0.1) is 0 Å². The number of benzene rings is 2. The van der Waals surface area contributed by atoms with E-state index in [0.29, 0.717) is 42.8 Å². The van der Waals surface area contributed by atoms with E-state index < -0.39 is 52.6 Å². The summed E-state index contributed by atoms with van der Waals surface area (Å²) in [5.74, 6) is -3.53. The minimum absolute atomic E-state index is 0.0914. The molecule has 1 aromatic heterocycles. The fourth-order valence-corrected chi connectivity index (χ4v) is 4.85. The van der Waals surface area contributed by atoms with Gasteiger partial charge < -0.3 is 19.9 Å². The van der Waals surface area contributed by atoms with Crippen LogP contribution in [0.3, 0.4) is 0 Å². The van der Waals surface area contributed by atoms with Crippen LogP contribution in [-0.4, -0.2) is 36.1 Å². The highest BCUT2D eigenvalue weighted by Gasteiger charge is 2.37. The largest absolute Gasteiger partial charge is 0.495 e. The molecule has 3 aromatic rings. The van der Waals surface area contributed by atoms with Gasteiger partial charge in [-0.1, -0.05) is 24.6 Å². The number of aromatic amines is 1. The molecule has 1 aliphatic heterocycles. The van der Waals surface area contributed by atoms with Crippen molar-refractivity contribution < 1.29 is 31.5 Å². The fraction of sp³-hybridized carbons (Fsp3) is 0.370. The molecule has 40 heavy (non-hydrogen) atoms. The van der Waals surface area contributed by atoms with Crippen LogP contribution in [0.1, 0.15) is 36.6 Å². The number of methoxy groups -OCH3 is 1. The molecule has 2 N–H and O–H groups in total. The second-order valence-corrected chi connectivity index (χ2v) is 9.69. The van der Waals surface area contributed by atoms with E-state index in [2.05, 4.69) is 15.2 Å². The van der Waals surface area contributed by atoms with Gasteiger partial charge in [0.15, 0.2) is 0 Å². The lowest BCUT2D eigenvalue weighted by Crippen LogP contribution is -2.40. The lowest BCUT2D eigenvalue weighted by Gasteiger charge is -2.33. The number of H-pyrrole nitrogens is 1. The van der Waals surface area contributed by atoms with Gasteiger partial charge in [-0.25, -0.2) is 9.37 Å². The number of hydrogen-bond acceptors (Lipinski definition) is 5. The second-order valence-electron chi connectivity index (χ2n) is 9.29. The molecule has 0 atom stereocenters. The van der Waals surface area contributed by atoms with Gasteiger partial charge in [0.1, 0.15) is 17.4 Å². The number of piperidine rings is 1. The number of ether oxygens (including phenoxy) is 1. The summed E-state index contributed by atoms with van der Waals surface area (Å²) in [6, 6.07) is 6.94. The van der Waals surface area contributed by atoms with Gasteiger partial charge >= 0.3 is 6.18 Å². The van der Waals surface area contributed by atoms with Crippen molar-refractivity contribution in [3.63, 3.8) is 0 Å². The fourth-order valence-electron chi connectivity index (χ4n) is 4.65. The van der Waals surface area contributed by atoms with E-state index in [1.54, 1.807) is 12.1 Å². The van der Waals surface area contributed by atoms with Crippen molar-refractivity contribution in [1.29, 1.82) is 0 Å². The molecule has 7 nitrogen and oxygen atoms in total. The van der Waals surface area contributed by atoms with E-state index in [-0.39, 0.29) is 23.8 Å². The van der Waals surface area contributed by atoms with Crippen LogP contribution in [0.25, 0.3) is 11.4 Å². The zero-order valence-electron chi connectivity index (χ0n) is 21.6. The second kappa shape index (κ2) is 11.8. The number of rotatable bonds is 7. The Bertz CT molecular complexity index is 1470. The number of alkyl halides is 3. The Labute approximate surface area is 231 Å². The van der Waals surface area contributed by atoms with Crippen molar-refractivity contribution in [2.75, 3.05) is 25.1 Å². The summed E-state index contributed by atoms with van der Waals surface area (Å²) in [5, 5.41) is 3.08. The highest BCUT2D eigenvalue weighted by molar-refractivity contribution is 6.32. The van der Waals surface area contributed by atoms with Crippen molar-refractivity contribution in [2.24, 2.45) is 5.92 Å². The first-order valence-corrected chi connectivity index (χ1v) is 12.9. The van der Waals surface area contributed by atoms with Gasteiger partial charge in [-0.3, -0.25) is 9.59 Å². The molecule has 2 aromatic carbocycles. The first-order valence-electron chi connectivity index (χ1n) is 12.5. The summed E-state index contributed by atoms with van der Waals surface area (Å²) in [6.07, 6.45) is -4.08. The number of hydrogen-bond donors (Lipinski definition) is 2. The van der Waals surface area contributed by atoms with E-state index in [1.165, 1.54) is 14.0 Å². The third kappa shape index (κ3) is 6.06. The summed E-state index contributed by atoms with van der Waals surface area (Å²) in [5.41, 5.74) is -3.46. The molecular formula is C27H26ClF5N4O3. The van der Waals surface area contributed by atoms with E-state index in [4.69, 9.17) is 16.3 Å². The minimum atomic E-state index is -4.99. The molecule has 1 fully saturated rings. The standard InChI is InChI=1S/C27H26ClF5N4O3/c1-3-19-23(30)26(39)36-24(35-19)21-17(27(31,32)33)6-4-15(22(21)29)13-34-25(38)14-8-10-37(11-9-14)16-5-7-18(28)20(12-16)40-2/h4-7,12,14H,3,8-11,13H2,1-2H3,(H,34,38)(H,35,36,39). The van der Waals surface area contributed by atoms with Crippen LogP contribution in [0, 0.1) is 17.6 Å². The van der Waals surface area contributed by atoms with Gasteiger partial charge in [-0.2, -0.15) is 17.6 Å². The molecule has 0 saturated carbocycles. The first kappa shape index (κ1) is 29.3. The maximum atomic E-state index is 15.5. The molecule has 4 rings (SSSR count). The van der Waals surface area contributed by atoms with Crippen LogP contribution in [-0.2, 0) is 23.9 Å². The number of nitrogens with one attached hydrogen (secondary N) is 2. The van der Waals surface area contributed by atoms with Crippen molar-refractivity contribution in [1.82, 2.24) is 15.3 Å². The number of carbonyl (C=O) groups excluding carboxylic acids is 1. The van der Waals surface area contributed by atoms with Gasteiger partial charge in [0.05, 0.1) is 29.0 Å². The molecule has 0 unspecified atom stereocenters. The molecule has 0 spiro atoms. The van der Waals surface area contributed by atoms with Crippen LogP contribution in [0.2, 0.25) is 5.02 Å². The number of aromatic nitrogens is 2. The lowest BCUT2D eigenvalue weighted by atomic mass is 9.95. The number of carbonyl (C=O) groups is 1.